The van der Waals surface area contributed by atoms with Crippen molar-refractivity contribution >= 4 is 27.4 Å². The molecule has 0 saturated heterocycles. The van der Waals surface area contributed by atoms with Gasteiger partial charge in [0, 0.05) is 16.8 Å². The van der Waals surface area contributed by atoms with Crippen LogP contribution in [0.25, 0.3) is 0 Å². The fraction of sp³-hybridized carbons (Fsp3) is 0.167. The van der Waals surface area contributed by atoms with Crippen molar-refractivity contribution < 1.29 is 31.2 Å². The number of carbonyl (C=O) groups is 2. The SMILES string of the molecule is CC(=O)c1ccc(S(=O)(=O)Nc2ccc(C(=O)NC(C)c3cccc(C(F)(F)F)c3)cc2)cc1. The van der Waals surface area contributed by atoms with Crippen LogP contribution < -0.4 is 10.0 Å². The highest BCUT2D eigenvalue weighted by atomic mass is 32.2. The number of Topliss-reactive ketones (excluding diaryl/α,β-unsaturated/α-hetero) is 1. The van der Waals surface area contributed by atoms with Crippen molar-refractivity contribution in [3.05, 3.63) is 95.1 Å². The molecule has 6 nitrogen and oxygen atoms in total. The van der Waals surface area contributed by atoms with E-state index < -0.39 is 33.7 Å². The molecule has 0 bridgehead atoms. The Morgan fingerprint density at radius 2 is 1.47 bits per heavy atom. The van der Waals surface area contributed by atoms with E-state index >= 15 is 0 Å². The summed E-state index contributed by atoms with van der Waals surface area (Å²) in [5.41, 5.74) is 0.279. The number of carbonyl (C=O) groups excluding carboxylic acids is 2. The number of anilines is 1. The van der Waals surface area contributed by atoms with Crippen LogP contribution in [0.3, 0.4) is 0 Å². The largest absolute Gasteiger partial charge is 0.416 e. The van der Waals surface area contributed by atoms with Crippen LogP contribution in [0.4, 0.5) is 18.9 Å². The molecule has 1 unspecified atom stereocenters. The van der Waals surface area contributed by atoms with Crippen molar-refractivity contribution in [2.75, 3.05) is 4.72 Å². The zero-order valence-electron chi connectivity index (χ0n) is 18.2. The van der Waals surface area contributed by atoms with E-state index in [4.69, 9.17) is 0 Å². The number of rotatable bonds is 7. The van der Waals surface area contributed by atoms with Gasteiger partial charge in [-0.25, -0.2) is 8.42 Å². The molecular weight excluding hydrogens is 469 g/mol. The summed E-state index contributed by atoms with van der Waals surface area (Å²) in [6.45, 7) is 2.94. The normalized spacial score (nSPS) is 12.6. The molecule has 10 heteroatoms. The van der Waals surface area contributed by atoms with Gasteiger partial charge in [0.05, 0.1) is 16.5 Å². The van der Waals surface area contributed by atoms with Crippen molar-refractivity contribution in [2.24, 2.45) is 0 Å². The van der Waals surface area contributed by atoms with E-state index in [0.29, 0.717) is 11.1 Å². The lowest BCUT2D eigenvalue weighted by Gasteiger charge is -2.16. The van der Waals surface area contributed by atoms with E-state index in [-0.39, 0.29) is 21.9 Å². The van der Waals surface area contributed by atoms with Gasteiger partial charge in [-0.15, -0.1) is 0 Å². The molecule has 2 N–H and O–H groups in total. The molecule has 178 valence electrons. The van der Waals surface area contributed by atoms with Crippen LogP contribution in [-0.2, 0) is 16.2 Å². The monoisotopic (exact) mass is 490 g/mol. The second-order valence-corrected chi connectivity index (χ2v) is 9.26. The number of hydrogen-bond donors (Lipinski definition) is 2. The van der Waals surface area contributed by atoms with E-state index in [0.717, 1.165) is 12.1 Å². The van der Waals surface area contributed by atoms with E-state index in [1.165, 1.54) is 67.6 Å². The van der Waals surface area contributed by atoms with Crippen LogP contribution >= 0.6 is 0 Å². The highest BCUT2D eigenvalue weighted by molar-refractivity contribution is 7.92. The predicted molar refractivity (Wildman–Crippen MR) is 121 cm³/mol. The standard InChI is InChI=1S/C24H21F3N2O4S/c1-15(19-4-3-5-20(14-19)24(25,26)27)28-23(31)18-6-10-21(11-7-18)29-34(32,33)22-12-8-17(9-13-22)16(2)30/h3-15,29H,1-2H3,(H,28,31). The third-order valence-electron chi connectivity index (χ3n) is 5.03. The zero-order chi connectivity index (χ0) is 25.1. The molecule has 3 aromatic rings. The molecule has 1 amide bonds. The average Bonchev–Trinajstić information content (AvgIpc) is 2.79. The van der Waals surface area contributed by atoms with Crippen LogP contribution in [0.15, 0.2) is 77.7 Å². The Balaban J connectivity index is 1.68. The fourth-order valence-electron chi connectivity index (χ4n) is 3.12. The van der Waals surface area contributed by atoms with E-state index in [1.54, 1.807) is 6.92 Å². The second-order valence-electron chi connectivity index (χ2n) is 7.58. The Labute approximate surface area is 194 Å². The molecule has 3 rings (SSSR count). The maximum atomic E-state index is 12.9. The van der Waals surface area contributed by atoms with E-state index in [9.17, 15) is 31.2 Å². The van der Waals surface area contributed by atoms with E-state index in [2.05, 4.69) is 10.0 Å². The van der Waals surface area contributed by atoms with Crippen LogP contribution in [0, 0.1) is 0 Å². The number of ketones is 1. The molecule has 0 aliphatic carbocycles. The lowest BCUT2D eigenvalue weighted by Crippen LogP contribution is -2.26. The third-order valence-corrected chi connectivity index (χ3v) is 6.43. The van der Waals surface area contributed by atoms with Crippen molar-refractivity contribution in [2.45, 2.75) is 31.0 Å². The van der Waals surface area contributed by atoms with Crippen LogP contribution in [-0.4, -0.2) is 20.1 Å². The third kappa shape index (κ3) is 6.02. The molecule has 34 heavy (non-hydrogen) atoms. The van der Waals surface area contributed by atoms with Gasteiger partial charge in [-0.05, 0) is 67.9 Å². The van der Waals surface area contributed by atoms with Crippen molar-refractivity contribution in [1.82, 2.24) is 5.32 Å². The smallest absolute Gasteiger partial charge is 0.346 e. The van der Waals surface area contributed by atoms with Crippen LogP contribution in [0.2, 0.25) is 0 Å². The second kappa shape index (κ2) is 9.68. The number of hydrogen-bond acceptors (Lipinski definition) is 4. The Morgan fingerprint density at radius 3 is 2.03 bits per heavy atom. The summed E-state index contributed by atoms with van der Waals surface area (Å²) in [4.78, 5) is 23.8. The quantitative estimate of drug-likeness (QED) is 0.446. The van der Waals surface area contributed by atoms with Gasteiger partial charge in [0.2, 0.25) is 0 Å². The molecule has 0 heterocycles. The number of halogens is 3. The minimum atomic E-state index is -4.49. The first-order chi connectivity index (χ1) is 15.9. The van der Waals surface area contributed by atoms with Gasteiger partial charge in [-0.1, -0.05) is 24.3 Å². The average molecular weight is 491 g/mol. The van der Waals surface area contributed by atoms with Crippen molar-refractivity contribution in [3.8, 4) is 0 Å². The van der Waals surface area contributed by atoms with Crippen LogP contribution in [0.5, 0.6) is 0 Å². The molecule has 0 aliphatic rings. The minimum Gasteiger partial charge on any atom is -0.346 e. The Bertz CT molecular complexity index is 1300. The molecule has 0 fully saturated rings. The summed E-state index contributed by atoms with van der Waals surface area (Å²) < 4.78 is 66.2. The van der Waals surface area contributed by atoms with Gasteiger partial charge >= 0.3 is 6.18 Å². The van der Waals surface area contributed by atoms with Gasteiger partial charge in [0.25, 0.3) is 15.9 Å². The number of amides is 1. The van der Waals surface area contributed by atoms with Gasteiger partial charge in [0.15, 0.2) is 5.78 Å². The molecular formula is C24H21F3N2O4S. The molecule has 0 aliphatic heterocycles. The summed E-state index contributed by atoms with van der Waals surface area (Å²) in [5, 5.41) is 2.63. The molecule has 0 radical (unpaired) electrons. The van der Waals surface area contributed by atoms with Gasteiger partial charge in [0.1, 0.15) is 0 Å². The maximum absolute atomic E-state index is 12.9. The first-order valence-corrected chi connectivity index (χ1v) is 11.6. The highest BCUT2D eigenvalue weighted by Crippen LogP contribution is 2.30. The Morgan fingerprint density at radius 1 is 0.882 bits per heavy atom. The fourth-order valence-corrected chi connectivity index (χ4v) is 4.18. The first kappa shape index (κ1) is 25.0. The molecule has 0 saturated carbocycles. The lowest BCUT2D eigenvalue weighted by molar-refractivity contribution is -0.137. The highest BCUT2D eigenvalue weighted by Gasteiger charge is 2.30. The number of sulfonamides is 1. The molecule has 0 aromatic heterocycles. The summed E-state index contributed by atoms with van der Waals surface area (Å²) in [6.07, 6.45) is -4.49. The number of benzene rings is 3. The molecule has 3 aromatic carbocycles. The van der Waals surface area contributed by atoms with Crippen molar-refractivity contribution in [3.63, 3.8) is 0 Å². The summed E-state index contributed by atoms with van der Waals surface area (Å²) in [5.74, 6) is -0.715. The summed E-state index contributed by atoms with van der Waals surface area (Å²) in [7, 11) is -3.91. The van der Waals surface area contributed by atoms with Crippen LogP contribution in [0.1, 0.15) is 51.7 Å². The Hall–Kier alpha value is -3.66. The predicted octanol–water partition coefficient (Wildman–Crippen LogP) is 5.20. The molecule has 1 atom stereocenters. The topological polar surface area (TPSA) is 92.3 Å². The Kier molecular flexibility index (Phi) is 7.11. The van der Waals surface area contributed by atoms with E-state index in [1.807, 2.05) is 0 Å². The van der Waals surface area contributed by atoms with Gasteiger partial charge in [-0.3, -0.25) is 14.3 Å². The summed E-state index contributed by atoms with van der Waals surface area (Å²) >= 11 is 0. The van der Waals surface area contributed by atoms with Crippen molar-refractivity contribution in [1.29, 1.82) is 0 Å². The van der Waals surface area contributed by atoms with Gasteiger partial charge in [-0.2, -0.15) is 13.2 Å². The first-order valence-electron chi connectivity index (χ1n) is 10.1. The molecule has 0 spiro atoms. The number of alkyl halides is 3. The maximum Gasteiger partial charge on any atom is 0.416 e. The van der Waals surface area contributed by atoms with Gasteiger partial charge < -0.3 is 5.32 Å². The number of nitrogens with one attached hydrogen (secondary N) is 2. The lowest BCUT2D eigenvalue weighted by atomic mass is 10.0. The minimum absolute atomic E-state index is 0.0331. The summed E-state index contributed by atoms with van der Waals surface area (Å²) in [6, 6.07) is 15.0. The zero-order valence-corrected chi connectivity index (χ0v) is 19.0.